The number of anilines is 2. The molecule has 0 radical (unpaired) electrons. The third-order valence-corrected chi connectivity index (χ3v) is 6.87. The molecule has 162 valence electrons. The van der Waals surface area contributed by atoms with E-state index >= 15 is 0 Å². The van der Waals surface area contributed by atoms with Gasteiger partial charge in [-0.1, -0.05) is 18.2 Å². The van der Waals surface area contributed by atoms with Crippen LogP contribution in [0.4, 0.5) is 17.1 Å². The van der Waals surface area contributed by atoms with E-state index in [9.17, 15) is 18.5 Å². The van der Waals surface area contributed by atoms with Crippen LogP contribution in [0.25, 0.3) is 0 Å². The Bertz CT molecular complexity index is 995. The lowest BCUT2D eigenvalue weighted by atomic mass is 10.1. The van der Waals surface area contributed by atoms with Gasteiger partial charge in [0, 0.05) is 44.0 Å². The number of likely N-dealkylation sites (N-methyl/N-ethyl adjacent to an activating group) is 1. The normalized spacial score (nSPS) is 16.8. The lowest BCUT2D eigenvalue weighted by Crippen LogP contribution is -2.39. The molecule has 9 heteroatoms. The minimum absolute atomic E-state index is 0.0937. The van der Waals surface area contributed by atoms with Crippen LogP contribution in [0.1, 0.15) is 26.7 Å². The molecule has 3 rings (SSSR count). The van der Waals surface area contributed by atoms with E-state index in [1.54, 1.807) is 19.9 Å². The third-order valence-electron chi connectivity index (χ3n) is 5.21. The van der Waals surface area contributed by atoms with Crippen molar-refractivity contribution in [3.63, 3.8) is 0 Å². The summed E-state index contributed by atoms with van der Waals surface area (Å²) in [5, 5.41) is 11.8. The molecule has 0 aliphatic carbocycles. The first-order valence-corrected chi connectivity index (χ1v) is 11.5. The summed E-state index contributed by atoms with van der Waals surface area (Å²) in [6.07, 6.45) is 1.85. The third kappa shape index (κ3) is 4.91. The van der Waals surface area contributed by atoms with Gasteiger partial charge in [-0.15, -0.1) is 0 Å². The standard InChI is InChI=1S/C21H28N4O4S/c1-16(2)22-30(28,29)19-11-12-20(21(14-19)25(26)27)24-13-7-10-18(24)15-23(3)17-8-5-4-6-9-17/h4-6,8-9,11-12,14,16,18,22H,7,10,13,15H2,1-3H3. The summed E-state index contributed by atoms with van der Waals surface area (Å²) in [5.74, 6) is 0. The smallest absolute Gasteiger partial charge is 0.293 e. The van der Waals surface area contributed by atoms with Gasteiger partial charge in [0.15, 0.2) is 0 Å². The van der Waals surface area contributed by atoms with Crippen LogP contribution in [0.15, 0.2) is 53.4 Å². The first-order valence-electron chi connectivity index (χ1n) is 10.0. The summed E-state index contributed by atoms with van der Waals surface area (Å²) >= 11 is 0. The van der Waals surface area contributed by atoms with Crippen molar-refractivity contribution in [1.82, 2.24) is 4.72 Å². The number of hydrogen-bond acceptors (Lipinski definition) is 6. The molecule has 1 saturated heterocycles. The highest BCUT2D eigenvalue weighted by atomic mass is 32.2. The second-order valence-electron chi connectivity index (χ2n) is 7.89. The highest BCUT2D eigenvalue weighted by Gasteiger charge is 2.32. The summed E-state index contributed by atoms with van der Waals surface area (Å²) in [7, 11) is -1.80. The number of nitrogens with one attached hydrogen (secondary N) is 1. The predicted molar refractivity (Wildman–Crippen MR) is 119 cm³/mol. The Morgan fingerprint density at radius 3 is 2.57 bits per heavy atom. The van der Waals surface area contributed by atoms with Crippen molar-refractivity contribution >= 4 is 27.1 Å². The van der Waals surface area contributed by atoms with Gasteiger partial charge in [0.1, 0.15) is 5.69 Å². The topological polar surface area (TPSA) is 95.8 Å². The summed E-state index contributed by atoms with van der Waals surface area (Å²) in [6.45, 7) is 4.83. The number of nitro groups is 1. The SMILES string of the molecule is CC(C)NS(=O)(=O)c1ccc(N2CCCC2CN(C)c2ccccc2)c([N+](=O)[O-])c1. The molecule has 2 aromatic rings. The molecule has 1 fully saturated rings. The highest BCUT2D eigenvalue weighted by Crippen LogP contribution is 2.35. The maximum atomic E-state index is 12.5. The maximum Gasteiger partial charge on any atom is 0.293 e. The minimum Gasteiger partial charge on any atom is -0.373 e. The van der Waals surface area contributed by atoms with Crippen LogP contribution in [-0.4, -0.2) is 45.6 Å². The fraction of sp³-hybridized carbons (Fsp3) is 0.429. The van der Waals surface area contributed by atoms with Gasteiger partial charge in [-0.05, 0) is 51.0 Å². The Kier molecular flexibility index (Phi) is 6.62. The number of para-hydroxylation sites is 1. The first kappa shape index (κ1) is 22.0. The van der Waals surface area contributed by atoms with Gasteiger partial charge >= 0.3 is 0 Å². The molecule has 0 aromatic heterocycles. The number of benzene rings is 2. The van der Waals surface area contributed by atoms with E-state index in [0.29, 0.717) is 12.2 Å². The zero-order chi connectivity index (χ0) is 21.9. The van der Waals surface area contributed by atoms with E-state index in [4.69, 9.17) is 0 Å². The van der Waals surface area contributed by atoms with Crippen LogP contribution in [0, 0.1) is 10.1 Å². The van der Waals surface area contributed by atoms with Crippen LogP contribution in [0.3, 0.4) is 0 Å². The van der Waals surface area contributed by atoms with Crippen molar-refractivity contribution in [1.29, 1.82) is 0 Å². The molecule has 1 aliphatic rings. The molecule has 0 bridgehead atoms. The summed E-state index contributed by atoms with van der Waals surface area (Å²) in [6, 6.07) is 14.0. The van der Waals surface area contributed by atoms with Crippen LogP contribution in [0.2, 0.25) is 0 Å². The van der Waals surface area contributed by atoms with E-state index in [1.165, 1.54) is 6.07 Å². The van der Waals surface area contributed by atoms with Crippen molar-refractivity contribution in [3.05, 3.63) is 58.6 Å². The highest BCUT2D eigenvalue weighted by molar-refractivity contribution is 7.89. The van der Waals surface area contributed by atoms with Crippen LogP contribution in [-0.2, 0) is 10.0 Å². The van der Waals surface area contributed by atoms with Gasteiger partial charge < -0.3 is 9.80 Å². The summed E-state index contributed by atoms with van der Waals surface area (Å²) in [4.78, 5) is 15.4. The second kappa shape index (κ2) is 9.01. The van der Waals surface area contributed by atoms with Crippen molar-refractivity contribution in [2.24, 2.45) is 0 Å². The molecule has 0 saturated carbocycles. The van der Waals surface area contributed by atoms with Crippen molar-refractivity contribution in [2.75, 3.05) is 29.9 Å². The molecule has 1 unspecified atom stereocenters. The average Bonchev–Trinajstić information content (AvgIpc) is 3.15. The van der Waals surface area contributed by atoms with Gasteiger partial charge in [0.25, 0.3) is 5.69 Å². The van der Waals surface area contributed by atoms with Gasteiger partial charge in [-0.3, -0.25) is 10.1 Å². The van der Waals surface area contributed by atoms with E-state index in [-0.39, 0.29) is 22.7 Å². The zero-order valence-corrected chi connectivity index (χ0v) is 18.3. The van der Waals surface area contributed by atoms with Crippen LogP contribution in [0.5, 0.6) is 0 Å². The lowest BCUT2D eigenvalue weighted by molar-refractivity contribution is -0.384. The Hall–Kier alpha value is -2.65. The quantitative estimate of drug-likeness (QED) is 0.507. The van der Waals surface area contributed by atoms with E-state index in [2.05, 4.69) is 9.62 Å². The van der Waals surface area contributed by atoms with Crippen LogP contribution < -0.4 is 14.5 Å². The summed E-state index contributed by atoms with van der Waals surface area (Å²) < 4.78 is 27.4. The summed E-state index contributed by atoms with van der Waals surface area (Å²) in [5.41, 5.74) is 1.36. The molecule has 1 N–H and O–H groups in total. The molecule has 1 atom stereocenters. The molecule has 0 spiro atoms. The second-order valence-corrected chi connectivity index (χ2v) is 9.60. The maximum absolute atomic E-state index is 12.5. The number of nitrogens with zero attached hydrogens (tertiary/aromatic N) is 3. The Morgan fingerprint density at radius 1 is 1.23 bits per heavy atom. The van der Waals surface area contributed by atoms with E-state index in [1.807, 2.05) is 42.3 Å². The minimum atomic E-state index is -3.81. The molecule has 30 heavy (non-hydrogen) atoms. The van der Waals surface area contributed by atoms with Crippen LogP contribution >= 0.6 is 0 Å². The van der Waals surface area contributed by atoms with E-state index in [0.717, 1.165) is 31.1 Å². The number of rotatable bonds is 8. The van der Waals surface area contributed by atoms with Crippen molar-refractivity contribution in [3.8, 4) is 0 Å². The average molecular weight is 433 g/mol. The molecule has 0 amide bonds. The molecular weight excluding hydrogens is 404 g/mol. The monoisotopic (exact) mass is 432 g/mol. The first-order chi connectivity index (χ1) is 14.2. The number of nitro benzene ring substituents is 1. The lowest BCUT2D eigenvalue weighted by Gasteiger charge is -2.31. The molecule has 1 heterocycles. The zero-order valence-electron chi connectivity index (χ0n) is 17.5. The fourth-order valence-corrected chi connectivity index (χ4v) is 5.16. The van der Waals surface area contributed by atoms with E-state index < -0.39 is 14.9 Å². The van der Waals surface area contributed by atoms with Crippen molar-refractivity contribution in [2.45, 2.75) is 43.7 Å². The van der Waals surface area contributed by atoms with Gasteiger partial charge in [0.05, 0.1) is 9.82 Å². The van der Waals surface area contributed by atoms with Gasteiger partial charge in [0.2, 0.25) is 10.0 Å². The molecule has 8 nitrogen and oxygen atoms in total. The fourth-order valence-electron chi connectivity index (χ4n) is 3.88. The molecule has 1 aliphatic heterocycles. The van der Waals surface area contributed by atoms with Crippen molar-refractivity contribution < 1.29 is 13.3 Å². The Balaban J connectivity index is 1.89. The Morgan fingerprint density at radius 2 is 1.93 bits per heavy atom. The van der Waals surface area contributed by atoms with Gasteiger partial charge in [-0.25, -0.2) is 13.1 Å². The molecular formula is C21H28N4O4S. The largest absolute Gasteiger partial charge is 0.373 e. The number of sulfonamides is 1. The number of hydrogen-bond donors (Lipinski definition) is 1. The Labute approximate surface area is 177 Å². The van der Waals surface area contributed by atoms with Gasteiger partial charge in [-0.2, -0.15) is 0 Å². The molecule has 2 aromatic carbocycles. The predicted octanol–water partition coefficient (Wildman–Crippen LogP) is 3.39.